The molecule has 3 atom stereocenters. The molecule has 0 radical (unpaired) electrons. The van der Waals surface area contributed by atoms with Crippen molar-refractivity contribution in [2.24, 2.45) is 0 Å². The van der Waals surface area contributed by atoms with Crippen molar-refractivity contribution in [1.29, 1.82) is 0 Å². The highest BCUT2D eigenvalue weighted by Crippen LogP contribution is 2.09. The molecule has 1 fully saturated rings. The summed E-state index contributed by atoms with van der Waals surface area (Å²) in [5.41, 5.74) is 0. The molecule has 3 nitrogen and oxygen atoms in total. The molecule has 0 aliphatic carbocycles. The molecule has 0 aromatic rings. The Morgan fingerprint density at radius 1 is 1.57 bits per heavy atom. The maximum absolute atomic E-state index is 9.52. The molecule has 0 saturated carbocycles. The second kappa shape index (κ2) is 6.67. The number of nitrogens with one attached hydrogen (secondary N) is 1. The third-order valence-electron chi connectivity index (χ3n) is 2.45. The lowest BCUT2D eigenvalue weighted by Gasteiger charge is -2.20. The van der Waals surface area contributed by atoms with Gasteiger partial charge in [0.15, 0.2) is 0 Å². The molecule has 14 heavy (non-hydrogen) atoms. The zero-order valence-corrected chi connectivity index (χ0v) is 9.85. The van der Waals surface area contributed by atoms with Crippen molar-refractivity contribution in [1.82, 2.24) is 5.32 Å². The van der Waals surface area contributed by atoms with Gasteiger partial charge < -0.3 is 15.2 Å². The fourth-order valence-corrected chi connectivity index (χ4v) is 2.36. The van der Waals surface area contributed by atoms with E-state index in [1.807, 2.05) is 11.8 Å². The monoisotopic (exact) mass is 219 g/mol. The van der Waals surface area contributed by atoms with Crippen LogP contribution in [0.4, 0.5) is 0 Å². The van der Waals surface area contributed by atoms with Crippen molar-refractivity contribution in [3.63, 3.8) is 0 Å². The molecule has 0 spiro atoms. The Kier molecular flexibility index (Phi) is 5.86. The van der Waals surface area contributed by atoms with Gasteiger partial charge in [-0.1, -0.05) is 6.92 Å². The van der Waals surface area contributed by atoms with E-state index in [1.165, 1.54) is 11.5 Å². The van der Waals surface area contributed by atoms with Gasteiger partial charge >= 0.3 is 0 Å². The molecular formula is C10H21NO2S. The highest BCUT2D eigenvalue weighted by molar-refractivity contribution is 7.99. The SMILES string of the molecule is CCSCCC(C)NC1COCC1O. The minimum atomic E-state index is -0.323. The Balaban J connectivity index is 2.09. The lowest BCUT2D eigenvalue weighted by atomic mass is 10.1. The standard InChI is InChI=1S/C10H21NO2S/c1-3-14-5-4-8(2)11-9-6-13-7-10(9)12/h8-12H,3-7H2,1-2H3. The molecule has 1 heterocycles. The van der Waals surface area contributed by atoms with Crippen LogP contribution in [0, 0.1) is 0 Å². The van der Waals surface area contributed by atoms with Gasteiger partial charge in [0.2, 0.25) is 0 Å². The molecule has 2 N–H and O–H groups in total. The largest absolute Gasteiger partial charge is 0.389 e. The summed E-state index contributed by atoms with van der Waals surface area (Å²) in [4.78, 5) is 0. The smallest absolute Gasteiger partial charge is 0.0948 e. The van der Waals surface area contributed by atoms with Crippen LogP contribution < -0.4 is 5.32 Å². The van der Waals surface area contributed by atoms with Gasteiger partial charge in [0.1, 0.15) is 0 Å². The van der Waals surface area contributed by atoms with E-state index in [-0.39, 0.29) is 12.1 Å². The Morgan fingerprint density at radius 2 is 2.36 bits per heavy atom. The van der Waals surface area contributed by atoms with Crippen LogP contribution in [-0.4, -0.2) is 48.0 Å². The fourth-order valence-electron chi connectivity index (χ4n) is 1.56. The highest BCUT2D eigenvalue weighted by atomic mass is 32.2. The first-order valence-electron chi connectivity index (χ1n) is 5.33. The van der Waals surface area contributed by atoms with Crippen LogP contribution in [0.25, 0.3) is 0 Å². The predicted molar refractivity (Wildman–Crippen MR) is 60.8 cm³/mol. The van der Waals surface area contributed by atoms with Crippen LogP contribution in [-0.2, 0) is 4.74 Å². The lowest BCUT2D eigenvalue weighted by Crippen LogP contribution is -2.43. The van der Waals surface area contributed by atoms with Gasteiger partial charge in [-0.15, -0.1) is 0 Å². The van der Waals surface area contributed by atoms with Crippen molar-refractivity contribution in [3.8, 4) is 0 Å². The summed E-state index contributed by atoms with van der Waals surface area (Å²) in [6, 6.07) is 0.604. The zero-order valence-electron chi connectivity index (χ0n) is 9.03. The number of thioether (sulfide) groups is 1. The summed E-state index contributed by atoms with van der Waals surface area (Å²) in [6.45, 7) is 5.47. The number of hydrogen-bond acceptors (Lipinski definition) is 4. The van der Waals surface area contributed by atoms with E-state index >= 15 is 0 Å². The third-order valence-corrected chi connectivity index (χ3v) is 3.38. The first-order valence-corrected chi connectivity index (χ1v) is 6.49. The molecule has 1 aliphatic rings. The van der Waals surface area contributed by atoms with Crippen molar-refractivity contribution < 1.29 is 9.84 Å². The van der Waals surface area contributed by atoms with Crippen LogP contribution in [0.3, 0.4) is 0 Å². The number of rotatable bonds is 6. The molecule has 1 saturated heterocycles. The van der Waals surface area contributed by atoms with Crippen molar-refractivity contribution in [2.75, 3.05) is 24.7 Å². The van der Waals surface area contributed by atoms with E-state index < -0.39 is 0 Å². The molecular weight excluding hydrogens is 198 g/mol. The van der Waals surface area contributed by atoms with Crippen LogP contribution in [0.15, 0.2) is 0 Å². The first kappa shape index (κ1) is 12.3. The molecule has 0 aromatic carbocycles. The quantitative estimate of drug-likeness (QED) is 0.650. The van der Waals surface area contributed by atoms with E-state index in [0.717, 1.165) is 6.42 Å². The summed E-state index contributed by atoms with van der Waals surface area (Å²) < 4.78 is 5.18. The number of aliphatic hydroxyl groups excluding tert-OH is 1. The van der Waals surface area contributed by atoms with Crippen LogP contribution in [0.2, 0.25) is 0 Å². The average Bonchev–Trinajstić information content (AvgIpc) is 2.52. The van der Waals surface area contributed by atoms with Crippen molar-refractivity contribution in [2.45, 2.75) is 38.5 Å². The molecule has 0 aromatic heterocycles. The van der Waals surface area contributed by atoms with Gasteiger partial charge in [-0.25, -0.2) is 0 Å². The summed E-state index contributed by atoms with van der Waals surface area (Å²) in [7, 11) is 0. The molecule has 84 valence electrons. The van der Waals surface area contributed by atoms with E-state index in [2.05, 4.69) is 19.2 Å². The van der Waals surface area contributed by atoms with Crippen molar-refractivity contribution in [3.05, 3.63) is 0 Å². The van der Waals surface area contributed by atoms with Gasteiger partial charge in [0, 0.05) is 6.04 Å². The maximum atomic E-state index is 9.52. The lowest BCUT2D eigenvalue weighted by molar-refractivity contribution is 0.121. The average molecular weight is 219 g/mol. The van der Waals surface area contributed by atoms with Gasteiger partial charge in [-0.2, -0.15) is 11.8 Å². The molecule has 0 bridgehead atoms. The van der Waals surface area contributed by atoms with E-state index in [1.54, 1.807) is 0 Å². The van der Waals surface area contributed by atoms with Gasteiger partial charge in [0.05, 0.1) is 25.4 Å². The Morgan fingerprint density at radius 3 is 2.93 bits per heavy atom. The third kappa shape index (κ3) is 4.17. The normalized spacial score (nSPS) is 29.4. The maximum Gasteiger partial charge on any atom is 0.0948 e. The molecule has 1 aliphatic heterocycles. The number of aliphatic hydroxyl groups is 1. The van der Waals surface area contributed by atoms with E-state index in [0.29, 0.717) is 19.3 Å². The highest BCUT2D eigenvalue weighted by Gasteiger charge is 2.26. The van der Waals surface area contributed by atoms with Crippen LogP contribution in [0.5, 0.6) is 0 Å². The van der Waals surface area contributed by atoms with E-state index in [9.17, 15) is 5.11 Å². The summed E-state index contributed by atoms with van der Waals surface area (Å²) in [6.07, 6.45) is 0.832. The Labute approximate surface area is 90.6 Å². The molecule has 0 amide bonds. The summed E-state index contributed by atoms with van der Waals surface area (Å²) >= 11 is 1.96. The second-order valence-corrected chi connectivity index (χ2v) is 5.16. The Hall–Kier alpha value is 0.230. The van der Waals surface area contributed by atoms with Gasteiger partial charge in [-0.05, 0) is 24.9 Å². The topological polar surface area (TPSA) is 41.5 Å². The summed E-state index contributed by atoms with van der Waals surface area (Å²) in [5.74, 6) is 2.37. The zero-order chi connectivity index (χ0) is 10.4. The number of ether oxygens (including phenoxy) is 1. The number of hydrogen-bond donors (Lipinski definition) is 2. The predicted octanol–water partition coefficient (Wildman–Crippen LogP) is 0.867. The summed E-state index contributed by atoms with van der Waals surface area (Å²) in [5, 5.41) is 12.9. The molecule has 4 heteroatoms. The molecule has 1 rings (SSSR count). The fraction of sp³-hybridized carbons (Fsp3) is 1.00. The minimum Gasteiger partial charge on any atom is -0.389 e. The van der Waals surface area contributed by atoms with Gasteiger partial charge in [0.25, 0.3) is 0 Å². The first-order chi connectivity index (χ1) is 6.74. The van der Waals surface area contributed by atoms with Crippen LogP contribution >= 0.6 is 11.8 Å². The minimum absolute atomic E-state index is 0.136. The van der Waals surface area contributed by atoms with E-state index in [4.69, 9.17) is 4.74 Å². The Bertz CT molecular complexity index is 157. The van der Waals surface area contributed by atoms with Gasteiger partial charge in [-0.3, -0.25) is 0 Å². The van der Waals surface area contributed by atoms with Crippen LogP contribution in [0.1, 0.15) is 20.3 Å². The van der Waals surface area contributed by atoms with Crippen molar-refractivity contribution >= 4 is 11.8 Å². The second-order valence-electron chi connectivity index (χ2n) is 3.76. The molecule has 3 unspecified atom stereocenters.